The lowest BCUT2D eigenvalue weighted by molar-refractivity contribution is -0.674. The molecule has 1 aromatic carbocycles. The van der Waals surface area contributed by atoms with Crippen LogP contribution in [0.25, 0.3) is 17.2 Å². The van der Waals surface area contributed by atoms with Gasteiger partial charge in [-0.1, -0.05) is 50.6 Å². The van der Waals surface area contributed by atoms with Gasteiger partial charge in [0.2, 0.25) is 5.58 Å². The predicted molar refractivity (Wildman–Crippen MR) is 115 cm³/mol. The normalized spacial score (nSPS) is 21.6. The van der Waals surface area contributed by atoms with Gasteiger partial charge in [-0.3, -0.25) is 0 Å². The molecule has 1 aliphatic heterocycles. The van der Waals surface area contributed by atoms with Crippen molar-refractivity contribution in [2.24, 2.45) is 0 Å². The summed E-state index contributed by atoms with van der Waals surface area (Å²) in [7, 11) is 0. The summed E-state index contributed by atoms with van der Waals surface area (Å²) in [5, 5.41) is 0. The Kier molecular flexibility index (Phi) is 6.96. The minimum atomic E-state index is 0.309. The standard InChI is InChI=1S/C24H33N2O2/c1-5-14-21-19(6-2)25(7-3)23(27-21)17-10-9-11-18-24-26(8-4)20-15-12-13-16-22(20)28-24/h9-13,15-19,21H,5-8,14H2,1-4H3/q+1. The number of likely N-dealkylation sites (N-methyl/N-ethyl adjacent to an activating group) is 1. The Balaban J connectivity index is 1.72. The van der Waals surface area contributed by atoms with E-state index in [1.807, 2.05) is 36.4 Å². The Morgan fingerprint density at radius 3 is 2.61 bits per heavy atom. The number of benzene rings is 1. The van der Waals surface area contributed by atoms with Gasteiger partial charge >= 0.3 is 5.89 Å². The Labute approximate surface area is 168 Å². The van der Waals surface area contributed by atoms with Crippen molar-refractivity contribution in [3.63, 3.8) is 0 Å². The van der Waals surface area contributed by atoms with E-state index in [0.29, 0.717) is 12.1 Å². The molecule has 0 bridgehead atoms. The monoisotopic (exact) mass is 381 g/mol. The molecule has 2 aromatic rings. The number of para-hydroxylation sites is 2. The molecule has 0 amide bonds. The van der Waals surface area contributed by atoms with Crippen LogP contribution in [0.5, 0.6) is 0 Å². The van der Waals surface area contributed by atoms with Gasteiger partial charge in [0.05, 0.1) is 12.1 Å². The number of ether oxygens (including phenoxy) is 1. The predicted octanol–water partition coefficient (Wildman–Crippen LogP) is 5.45. The number of hydrogen-bond acceptors (Lipinski definition) is 3. The van der Waals surface area contributed by atoms with Gasteiger partial charge in [0.15, 0.2) is 5.88 Å². The van der Waals surface area contributed by atoms with Gasteiger partial charge in [0, 0.05) is 12.6 Å². The molecule has 1 fully saturated rings. The van der Waals surface area contributed by atoms with Crippen molar-refractivity contribution in [3.8, 4) is 0 Å². The van der Waals surface area contributed by atoms with E-state index in [0.717, 1.165) is 55.2 Å². The number of allylic oxidation sites excluding steroid dienone is 4. The summed E-state index contributed by atoms with van der Waals surface area (Å²) >= 11 is 0. The summed E-state index contributed by atoms with van der Waals surface area (Å²) in [6.07, 6.45) is 13.9. The summed E-state index contributed by atoms with van der Waals surface area (Å²) in [5.41, 5.74) is 2.04. The van der Waals surface area contributed by atoms with E-state index in [2.05, 4.69) is 55.4 Å². The third-order valence-electron chi connectivity index (χ3n) is 5.37. The second-order valence-corrected chi connectivity index (χ2v) is 7.11. The molecule has 1 aromatic heterocycles. The number of rotatable bonds is 8. The van der Waals surface area contributed by atoms with Gasteiger partial charge in [-0.15, -0.1) is 0 Å². The lowest BCUT2D eigenvalue weighted by Crippen LogP contribution is -2.33. The minimum Gasteiger partial charge on any atom is -0.474 e. The molecule has 2 atom stereocenters. The molecular weight excluding hydrogens is 348 g/mol. The smallest absolute Gasteiger partial charge is 0.374 e. The molecule has 0 spiro atoms. The minimum absolute atomic E-state index is 0.309. The van der Waals surface area contributed by atoms with Gasteiger partial charge in [0.25, 0.3) is 5.52 Å². The van der Waals surface area contributed by atoms with Crippen molar-refractivity contribution in [2.45, 2.75) is 65.6 Å². The summed E-state index contributed by atoms with van der Waals surface area (Å²) in [6.45, 7) is 10.7. The van der Waals surface area contributed by atoms with Crippen LogP contribution in [0.15, 0.2) is 58.9 Å². The molecular formula is C24H33N2O2+. The third kappa shape index (κ3) is 4.16. The highest BCUT2D eigenvalue weighted by Crippen LogP contribution is 2.30. The van der Waals surface area contributed by atoms with Crippen LogP contribution in [0.3, 0.4) is 0 Å². The van der Waals surface area contributed by atoms with Crippen LogP contribution < -0.4 is 4.57 Å². The zero-order chi connectivity index (χ0) is 19.9. The van der Waals surface area contributed by atoms with E-state index >= 15 is 0 Å². The SMILES string of the molecule is CCCC1OC(=CC=CC=Cc2oc3ccccc3[n+]2CC)N(CC)C1CC. The van der Waals surface area contributed by atoms with Crippen LogP contribution in [0.4, 0.5) is 0 Å². The Morgan fingerprint density at radius 1 is 1.07 bits per heavy atom. The van der Waals surface area contributed by atoms with Gasteiger partial charge < -0.3 is 14.1 Å². The van der Waals surface area contributed by atoms with Gasteiger partial charge in [-0.25, -0.2) is 0 Å². The molecule has 1 saturated heterocycles. The topological polar surface area (TPSA) is 29.5 Å². The quantitative estimate of drug-likeness (QED) is 0.450. The highest BCUT2D eigenvalue weighted by atomic mass is 16.5. The second-order valence-electron chi connectivity index (χ2n) is 7.11. The molecule has 1 aliphatic rings. The first-order valence-electron chi connectivity index (χ1n) is 10.6. The fourth-order valence-electron chi connectivity index (χ4n) is 4.05. The number of nitrogens with zero attached hydrogens (tertiary/aromatic N) is 2. The highest BCUT2D eigenvalue weighted by molar-refractivity contribution is 5.69. The molecule has 4 heteroatoms. The number of hydrogen-bond donors (Lipinski definition) is 0. The largest absolute Gasteiger partial charge is 0.474 e. The maximum Gasteiger partial charge on any atom is 0.374 e. The molecule has 2 heterocycles. The third-order valence-corrected chi connectivity index (χ3v) is 5.37. The Morgan fingerprint density at radius 2 is 1.89 bits per heavy atom. The molecule has 0 N–H and O–H groups in total. The number of fused-ring (bicyclic) bond motifs is 1. The molecule has 2 unspecified atom stereocenters. The lowest BCUT2D eigenvalue weighted by Gasteiger charge is -2.23. The molecule has 3 rings (SSSR count). The van der Waals surface area contributed by atoms with E-state index in [-0.39, 0.29) is 0 Å². The van der Waals surface area contributed by atoms with E-state index < -0.39 is 0 Å². The average Bonchev–Trinajstić information content (AvgIpc) is 3.24. The molecule has 150 valence electrons. The first-order chi connectivity index (χ1) is 13.7. The maximum atomic E-state index is 6.24. The molecule has 0 radical (unpaired) electrons. The van der Waals surface area contributed by atoms with Crippen LogP contribution in [-0.2, 0) is 11.3 Å². The lowest BCUT2D eigenvalue weighted by atomic mass is 10.0. The van der Waals surface area contributed by atoms with Crippen molar-refractivity contribution in [3.05, 3.63) is 60.3 Å². The summed E-state index contributed by atoms with van der Waals surface area (Å²) < 4.78 is 14.4. The van der Waals surface area contributed by atoms with Crippen molar-refractivity contribution >= 4 is 17.2 Å². The highest BCUT2D eigenvalue weighted by Gasteiger charge is 2.35. The Hall–Kier alpha value is -2.49. The second kappa shape index (κ2) is 9.63. The average molecular weight is 382 g/mol. The first kappa shape index (κ1) is 20.2. The van der Waals surface area contributed by atoms with E-state index in [4.69, 9.17) is 9.15 Å². The molecule has 4 nitrogen and oxygen atoms in total. The van der Waals surface area contributed by atoms with Gasteiger partial charge in [0.1, 0.15) is 12.6 Å². The van der Waals surface area contributed by atoms with Crippen molar-refractivity contribution < 1.29 is 13.7 Å². The van der Waals surface area contributed by atoms with E-state index in [1.54, 1.807) is 0 Å². The van der Waals surface area contributed by atoms with E-state index in [9.17, 15) is 0 Å². The number of aromatic nitrogens is 1. The van der Waals surface area contributed by atoms with Crippen LogP contribution in [-0.4, -0.2) is 23.6 Å². The van der Waals surface area contributed by atoms with Crippen LogP contribution in [0.2, 0.25) is 0 Å². The summed E-state index contributed by atoms with van der Waals surface area (Å²) in [5.74, 6) is 1.85. The van der Waals surface area contributed by atoms with Gasteiger partial charge in [-0.05, 0) is 38.8 Å². The summed E-state index contributed by atoms with van der Waals surface area (Å²) in [4.78, 5) is 2.39. The summed E-state index contributed by atoms with van der Waals surface area (Å²) in [6, 6.07) is 8.63. The van der Waals surface area contributed by atoms with Gasteiger partial charge in [-0.2, -0.15) is 4.57 Å². The van der Waals surface area contributed by atoms with Crippen molar-refractivity contribution in [1.29, 1.82) is 0 Å². The maximum absolute atomic E-state index is 6.24. The van der Waals surface area contributed by atoms with E-state index in [1.165, 1.54) is 0 Å². The zero-order valence-corrected chi connectivity index (χ0v) is 17.6. The number of oxazole rings is 1. The Bertz CT molecular complexity index is 863. The first-order valence-corrected chi connectivity index (χ1v) is 10.6. The van der Waals surface area contributed by atoms with Crippen LogP contribution in [0, 0.1) is 0 Å². The zero-order valence-electron chi connectivity index (χ0n) is 17.6. The van der Waals surface area contributed by atoms with Crippen LogP contribution >= 0.6 is 0 Å². The van der Waals surface area contributed by atoms with Crippen molar-refractivity contribution in [1.82, 2.24) is 4.90 Å². The fourth-order valence-corrected chi connectivity index (χ4v) is 4.05. The van der Waals surface area contributed by atoms with Crippen LogP contribution in [0.1, 0.15) is 52.8 Å². The molecule has 28 heavy (non-hydrogen) atoms. The van der Waals surface area contributed by atoms with Crippen molar-refractivity contribution in [2.75, 3.05) is 6.54 Å². The molecule has 0 saturated carbocycles. The molecule has 0 aliphatic carbocycles. The number of aryl methyl sites for hydroxylation is 1. The fraction of sp³-hybridized carbons (Fsp3) is 0.458.